The van der Waals surface area contributed by atoms with Crippen LogP contribution in [0.25, 0.3) is 11.3 Å². The van der Waals surface area contributed by atoms with E-state index in [0.29, 0.717) is 54.7 Å². The third kappa shape index (κ3) is 5.80. The number of ether oxygens (including phenoxy) is 1. The van der Waals surface area contributed by atoms with Crippen LogP contribution in [0.1, 0.15) is 56.2 Å². The molecule has 1 saturated carbocycles. The lowest BCUT2D eigenvalue weighted by molar-refractivity contribution is -0.120. The Labute approximate surface area is 199 Å². The van der Waals surface area contributed by atoms with Crippen LogP contribution in [-0.4, -0.2) is 51.0 Å². The highest BCUT2D eigenvalue weighted by Gasteiger charge is 2.36. The lowest BCUT2D eigenvalue weighted by Gasteiger charge is -2.13. The molecule has 1 unspecified atom stereocenters. The topological polar surface area (TPSA) is 125 Å². The molecule has 0 amide bonds. The minimum Gasteiger partial charge on any atom is -0.477 e. The van der Waals surface area contributed by atoms with Crippen molar-refractivity contribution in [1.29, 1.82) is 0 Å². The maximum atomic E-state index is 13.1. The average molecular weight is 482 g/mol. The molecule has 1 fully saturated rings. The summed E-state index contributed by atoms with van der Waals surface area (Å²) in [4.78, 5) is 34.7. The van der Waals surface area contributed by atoms with Crippen molar-refractivity contribution in [3.8, 4) is 17.1 Å². The summed E-state index contributed by atoms with van der Waals surface area (Å²) in [6.07, 6.45) is 8.43. The van der Waals surface area contributed by atoms with Gasteiger partial charge in [0.1, 0.15) is 11.6 Å². The zero-order valence-corrected chi connectivity index (χ0v) is 20.0. The fourth-order valence-corrected chi connectivity index (χ4v) is 5.32. The van der Waals surface area contributed by atoms with Gasteiger partial charge in [-0.05, 0) is 44.4 Å². The van der Waals surface area contributed by atoms with Gasteiger partial charge in [0.25, 0.3) is 0 Å². The van der Waals surface area contributed by atoms with E-state index in [-0.39, 0.29) is 23.2 Å². The SMILES string of the molecule is CCOc1cncc(-c2ccc(CC(=O)C(CC)c3nccc(CS(=O)(=O)C4CC4)n3)nc2)n1. The molecule has 0 spiro atoms. The van der Waals surface area contributed by atoms with Crippen LogP contribution in [0.3, 0.4) is 0 Å². The number of rotatable bonds is 11. The number of hydrogen-bond acceptors (Lipinski definition) is 9. The Morgan fingerprint density at radius 2 is 1.88 bits per heavy atom. The van der Waals surface area contributed by atoms with Gasteiger partial charge in [0.2, 0.25) is 5.88 Å². The lowest BCUT2D eigenvalue weighted by atomic mass is 9.96. The highest BCUT2D eigenvalue weighted by Crippen LogP contribution is 2.31. The van der Waals surface area contributed by atoms with E-state index in [9.17, 15) is 13.2 Å². The van der Waals surface area contributed by atoms with E-state index in [2.05, 4.69) is 24.9 Å². The van der Waals surface area contributed by atoms with Crippen molar-refractivity contribution >= 4 is 15.6 Å². The van der Waals surface area contributed by atoms with Crippen molar-refractivity contribution in [3.63, 3.8) is 0 Å². The zero-order chi connectivity index (χ0) is 24.1. The first-order valence-electron chi connectivity index (χ1n) is 11.4. The molecule has 1 aliphatic rings. The molecular formula is C24H27N5O4S. The van der Waals surface area contributed by atoms with Crippen LogP contribution in [0.4, 0.5) is 0 Å². The normalized spacial score (nSPS) is 14.5. The fraction of sp³-hybridized carbons (Fsp3) is 0.417. The standard InChI is InChI=1S/C24H27N5O4S/c1-3-20(24-26-10-9-18(28-24)15-34(31,32)19-7-8-19)22(30)11-17-6-5-16(12-27-17)21-13-25-14-23(29-21)33-4-2/h5-6,9-10,12-14,19-20H,3-4,7-8,11,15H2,1-2H3. The second-order valence-electron chi connectivity index (χ2n) is 8.23. The Balaban J connectivity index is 1.45. The van der Waals surface area contributed by atoms with Crippen LogP contribution in [-0.2, 0) is 26.8 Å². The molecule has 4 rings (SSSR count). The van der Waals surface area contributed by atoms with E-state index < -0.39 is 15.8 Å². The Kier molecular flexibility index (Phi) is 7.26. The van der Waals surface area contributed by atoms with Gasteiger partial charge in [0.15, 0.2) is 9.84 Å². The molecule has 10 heteroatoms. The molecular weight excluding hydrogens is 454 g/mol. The van der Waals surface area contributed by atoms with Gasteiger partial charge in [-0.3, -0.25) is 14.8 Å². The number of ketones is 1. The Morgan fingerprint density at radius 3 is 2.56 bits per heavy atom. The third-order valence-corrected chi connectivity index (χ3v) is 7.79. The molecule has 3 heterocycles. The van der Waals surface area contributed by atoms with Gasteiger partial charge in [-0.25, -0.2) is 23.4 Å². The maximum Gasteiger partial charge on any atom is 0.232 e. The van der Waals surface area contributed by atoms with Crippen molar-refractivity contribution in [2.45, 2.75) is 56.5 Å². The summed E-state index contributed by atoms with van der Waals surface area (Å²) in [6, 6.07) is 5.23. The molecule has 34 heavy (non-hydrogen) atoms. The highest BCUT2D eigenvalue weighted by molar-refractivity contribution is 7.91. The molecule has 0 saturated heterocycles. The fourth-order valence-electron chi connectivity index (χ4n) is 3.65. The van der Waals surface area contributed by atoms with Crippen LogP contribution in [0.5, 0.6) is 5.88 Å². The van der Waals surface area contributed by atoms with Gasteiger partial charge in [0, 0.05) is 30.1 Å². The van der Waals surface area contributed by atoms with E-state index in [1.165, 1.54) is 6.20 Å². The smallest absolute Gasteiger partial charge is 0.232 e. The van der Waals surface area contributed by atoms with Crippen molar-refractivity contribution in [2.24, 2.45) is 0 Å². The Morgan fingerprint density at radius 1 is 1.06 bits per heavy atom. The van der Waals surface area contributed by atoms with Gasteiger partial charge in [-0.15, -0.1) is 0 Å². The summed E-state index contributed by atoms with van der Waals surface area (Å²) in [5, 5.41) is -0.254. The van der Waals surface area contributed by atoms with Gasteiger partial charge < -0.3 is 4.74 Å². The number of Topliss-reactive ketones (excluding diaryl/α,β-unsaturated/α-hetero) is 1. The number of sulfone groups is 1. The van der Waals surface area contributed by atoms with Crippen LogP contribution >= 0.6 is 0 Å². The quantitative estimate of drug-likeness (QED) is 0.406. The van der Waals surface area contributed by atoms with E-state index in [1.807, 2.05) is 19.9 Å². The number of carbonyl (C=O) groups is 1. The van der Waals surface area contributed by atoms with Gasteiger partial charge in [0.05, 0.1) is 47.3 Å². The van der Waals surface area contributed by atoms with Gasteiger partial charge in [-0.2, -0.15) is 0 Å². The molecule has 0 aliphatic heterocycles. The molecule has 1 atom stereocenters. The monoisotopic (exact) mass is 481 g/mol. The van der Waals surface area contributed by atoms with E-state index in [1.54, 1.807) is 30.7 Å². The molecule has 0 N–H and O–H groups in total. The predicted octanol–water partition coefficient (Wildman–Crippen LogP) is 3.11. The minimum absolute atomic E-state index is 0.0666. The number of aromatic nitrogens is 5. The van der Waals surface area contributed by atoms with E-state index >= 15 is 0 Å². The molecule has 0 aromatic carbocycles. The number of hydrogen-bond donors (Lipinski definition) is 0. The summed E-state index contributed by atoms with van der Waals surface area (Å²) in [5.41, 5.74) is 2.45. The first kappa shape index (κ1) is 23.9. The van der Waals surface area contributed by atoms with Crippen molar-refractivity contribution in [3.05, 3.63) is 60.2 Å². The Bertz CT molecular complexity index is 1260. The van der Waals surface area contributed by atoms with Crippen molar-refractivity contribution in [1.82, 2.24) is 24.9 Å². The number of carbonyl (C=O) groups excluding carboxylic acids is 1. The molecule has 3 aromatic rings. The molecule has 0 bridgehead atoms. The van der Waals surface area contributed by atoms with Crippen LogP contribution in [0.2, 0.25) is 0 Å². The van der Waals surface area contributed by atoms with Crippen LogP contribution in [0.15, 0.2) is 43.0 Å². The summed E-state index contributed by atoms with van der Waals surface area (Å²) in [6.45, 7) is 4.27. The van der Waals surface area contributed by atoms with E-state index in [4.69, 9.17) is 4.74 Å². The highest BCUT2D eigenvalue weighted by atomic mass is 32.2. The molecule has 9 nitrogen and oxygen atoms in total. The second kappa shape index (κ2) is 10.3. The largest absolute Gasteiger partial charge is 0.477 e. The molecule has 3 aromatic heterocycles. The number of nitrogens with zero attached hydrogens (tertiary/aromatic N) is 5. The molecule has 0 radical (unpaired) electrons. The third-order valence-electron chi connectivity index (χ3n) is 5.60. The second-order valence-corrected chi connectivity index (χ2v) is 10.5. The van der Waals surface area contributed by atoms with Crippen molar-refractivity contribution in [2.75, 3.05) is 6.61 Å². The summed E-state index contributed by atoms with van der Waals surface area (Å²) in [5.74, 6) is 0.0866. The molecule has 1 aliphatic carbocycles. The predicted molar refractivity (Wildman–Crippen MR) is 126 cm³/mol. The van der Waals surface area contributed by atoms with Gasteiger partial charge >= 0.3 is 0 Å². The first-order valence-corrected chi connectivity index (χ1v) is 13.1. The average Bonchev–Trinajstić information content (AvgIpc) is 3.67. The van der Waals surface area contributed by atoms with E-state index in [0.717, 1.165) is 5.56 Å². The summed E-state index contributed by atoms with van der Waals surface area (Å²) >= 11 is 0. The minimum atomic E-state index is -3.19. The first-order chi connectivity index (χ1) is 16.4. The zero-order valence-electron chi connectivity index (χ0n) is 19.2. The van der Waals surface area contributed by atoms with Gasteiger partial charge in [-0.1, -0.05) is 6.92 Å². The summed E-state index contributed by atoms with van der Waals surface area (Å²) in [7, 11) is -3.19. The number of pyridine rings is 1. The lowest BCUT2D eigenvalue weighted by Crippen LogP contribution is -2.19. The Hall–Kier alpha value is -3.27. The van der Waals surface area contributed by atoms with Crippen LogP contribution in [0, 0.1) is 0 Å². The van der Waals surface area contributed by atoms with Crippen molar-refractivity contribution < 1.29 is 17.9 Å². The maximum absolute atomic E-state index is 13.1. The summed E-state index contributed by atoms with van der Waals surface area (Å²) < 4.78 is 30.0. The molecule has 178 valence electrons. The van der Waals surface area contributed by atoms with Crippen LogP contribution < -0.4 is 4.74 Å².